The summed E-state index contributed by atoms with van der Waals surface area (Å²) in [7, 11) is 0. The maximum absolute atomic E-state index is 13.5. The van der Waals surface area contributed by atoms with Gasteiger partial charge >= 0.3 is 0 Å². The van der Waals surface area contributed by atoms with E-state index in [1.807, 2.05) is 19.9 Å². The zero-order valence-corrected chi connectivity index (χ0v) is 9.37. The van der Waals surface area contributed by atoms with Crippen molar-refractivity contribution in [3.8, 4) is 6.07 Å². The summed E-state index contributed by atoms with van der Waals surface area (Å²) in [5, 5.41) is 20.5. The fourth-order valence-electron chi connectivity index (χ4n) is 1.25. The molecule has 3 nitrogen and oxygen atoms in total. The van der Waals surface area contributed by atoms with Gasteiger partial charge < -0.3 is 10.4 Å². The van der Waals surface area contributed by atoms with Crippen LogP contribution in [-0.2, 0) is 0 Å². The summed E-state index contributed by atoms with van der Waals surface area (Å²) in [4.78, 5) is 0. The van der Waals surface area contributed by atoms with E-state index in [4.69, 9.17) is 10.4 Å². The molecule has 0 bridgehead atoms. The first-order valence-corrected chi connectivity index (χ1v) is 5.15. The lowest BCUT2D eigenvalue weighted by Crippen LogP contribution is -2.26. The maximum Gasteiger partial charge on any atom is 0.147 e. The van der Waals surface area contributed by atoms with Crippen LogP contribution in [0.25, 0.3) is 0 Å². The van der Waals surface area contributed by atoms with Crippen molar-refractivity contribution in [1.29, 1.82) is 5.26 Å². The molecule has 0 aliphatic heterocycles. The molecule has 0 amide bonds. The molecule has 1 aromatic carbocycles. The van der Waals surface area contributed by atoms with Crippen molar-refractivity contribution >= 4 is 5.69 Å². The quantitative estimate of drug-likeness (QED) is 0.820. The highest BCUT2D eigenvalue weighted by atomic mass is 19.1. The number of benzene rings is 1. The second kappa shape index (κ2) is 5.47. The average Bonchev–Trinajstić information content (AvgIpc) is 2.30. The summed E-state index contributed by atoms with van der Waals surface area (Å²) in [5.74, 6) is -0.411. The predicted octanol–water partition coefficient (Wildman–Crippen LogP) is 2.13. The number of nitrogens with one attached hydrogen (secondary N) is 1. The fourth-order valence-corrected chi connectivity index (χ4v) is 1.25. The number of nitriles is 1. The van der Waals surface area contributed by atoms with E-state index in [9.17, 15) is 4.39 Å². The third-order valence-corrected chi connectivity index (χ3v) is 2.62. The van der Waals surface area contributed by atoms with Crippen LogP contribution >= 0.6 is 0 Å². The van der Waals surface area contributed by atoms with Gasteiger partial charge in [0.1, 0.15) is 5.82 Å². The van der Waals surface area contributed by atoms with Crippen molar-refractivity contribution in [2.24, 2.45) is 5.92 Å². The van der Waals surface area contributed by atoms with Gasteiger partial charge in [-0.05, 0) is 31.0 Å². The van der Waals surface area contributed by atoms with Crippen molar-refractivity contribution in [2.75, 3.05) is 11.9 Å². The number of nitrogens with zero attached hydrogens (tertiary/aromatic N) is 1. The number of aliphatic hydroxyl groups is 1. The van der Waals surface area contributed by atoms with Crippen LogP contribution in [0.4, 0.5) is 10.1 Å². The van der Waals surface area contributed by atoms with Crippen LogP contribution in [0.2, 0.25) is 0 Å². The third-order valence-electron chi connectivity index (χ3n) is 2.62. The van der Waals surface area contributed by atoms with Crippen LogP contribution in [0, 0.1) is 23.1 Å². The molecule has 1 aromatic rings. The molecule has 0 aliphatic carbocycles. The Morgan fingerprint density at radius 2 is 2.19 bits per heavy atom. The highest BCUT2D eigenvalue weighted by Gasteiger charge is 2.12. The molecular formula is C12H15FN2O. The number of hydrogen-bond donors (Lipinski definition) is 2. The minimum Gasteiger partial charge on any atom is -0.396 e. The molecule has 0 saturated heterocycles. The summed E-state index contributed by atoms with van der Waals surface area (Å²) in [6, 6.07) is 6.13. The lowest BCUT2D eigenvalue weighted by molar-refractivity contribution is 0.226. The highest BCUT2D eigenvalue weighted by molar-refractivity contribution is 5.49. The van der Waals surface area contributed by atoms with Gasteiger partial charge in [-0.1, -0.05) is 6.92 Å². The molecule has 0 saturated carbocycles. The van der Waals surface area contributed by atoms with Gasteiger partial charge in [-0.15, -0.1) is 0 Å². The van der Waals surface area contributed by atoms with Crippen LogP contribution in [0.15, 0.2) is 18.2 Å². The largest absolute Gasteiger partial charge is 0.396 e. The Balaban J connectivity index is 2.79. The van der Waals surface area contributed by atoms with Crippen molar-refractivity contribution in [3.63, 3.8) is 0 Å². The second-order valence-electron chi connectivity index (χ2n) is 3.90. The molecule has 0 spiro atoms. The number of rotatable bonds is 4. The van der Waals surface area contributed by atoms with Gasteiger partial charge in [0.15, 0.2) is 0 Å². The van der Waals surface area contributed by atoms with E-state index in [0.717, 1.165) is 0 Å². The summed E-state index contributed by atoms with van der Waals surface area (Å²) in [5.41, 5.74) is 0.651. The molecule has 2 N–H and O–H groups in total. The predicted molar refractivity (Wildman–Crippen MR) is 60.4 cm³/mol. The van der Waals surface area contributed by atoms with Crippen LogP contribution in [-0.4, -0.2) is 17.8 Å². The number of hydrogen-bond acceptors (Lipinski definition) is 3. The zero-order chi connectivity index (χ0) is 12.1. The van der Waals surface area contributed by atoms with Crippen LogP contribution in [0.5, 0.6) is 0 Å². The normalized spacial score (nSPS) is 13.9. The van der Waals surface area contributed by atoms with E-state index in [-0.39, 0.29) is 18.6 Å². The summed E-state index contributed by atoms with van der Waals surface area (Å²) >= 11 is 0. The van der Waals surface area contributed by atoms with Crippen LogP contribution in [0.1, 0.15) is 19.4 Å². The van der Waals surface area contributed by atoms with E-state index >= 15 is 0 Å². The Bertz CT molecular complexity index is 400. The maximum atomic E-state index is 13.5. The molecule has 0 aliphatic rings. The first kappa shape index (κ1) is 12.5. The first-order chi connectivity index (χ1) is 7.58. The molecule has 4 heteroatoms. The molecule has 2 atom stereocenters. The molecule has 16 heavy (non-hydrogen) atoms. The van der Waals surface area contributed by atoms with E-state index in [1.165, 1.54) is 12.1 Å². The zero-order valence-electron chi connectivity index (χ0n) is 9.37. The van der Waals surface area contributed by atoms with Gasteiger partial charge in [0, 0.05) is 12.6 Å². The molecular weight excluding hydrogens is 207 g/mol. The summed E-state index contributed by atoms with van der Waals surface area (Å²) in [6.45, 7) is 3.80. The average molecular weight is 222 g/mol. The summed E-state index contributed by atoms with van der Waals surface area (Å²) < 4.78 is 13.5. The van der Waals surface area contributed by atoms with E-state index < -0.39 is 5.82 Å². The fraction of sp³-hybridized carbons (Fsp3) is 0.417. The van der Waals surface area contributed by atoms with E-state index in [0.29, 0.717) is 11.3 Å². The minimum absolute atomic E-state index is 0.0348. The second-order valence-corrected chi connectivity index (χ2v) is 3.90. The molecule has 1 rings (SSSR count). The minimum atomic E-state index is -0.448. The first-order valence-electron chi connectivity index (χ1n) is 5.15. The van der Waals surface area contributed by atoms with Crippen LogP contribution in [0.3, 0.4) is 0 Å². The Hall–Kier alpha value is -1.60. The lowest BCUT2D eigenvalue weighted by Gasteiger charge is -2.20. The monoisotopic (exact) mass is 222 g/mol. The van der Waals surface area contributed by atoms with Gasteiger partial charge in [-0.2, -0.15) is 5.26 Å². The Morgan fingerprint density at radius 3 is 2.69 bits per heavy atom. The third kappa shape index (κ3) is 2.94. The Morgan fingerprint density at radius 1 is 1.50 bits per heavy atom. The van der Waals surface area contributed by atoms with E-state index in [2.05, 4.69) is 5.32 Å². The molecule has 86 valence electrons. The van der Waals surface area contributed by atoms with Crippen molar-refractivity contribution in [1.82, 2.24) is 0 Å². The SMILES string of the molecule is CC(CO)C(C)Nc1ccc(C#N)cc1F. The van der Waals surface area contributed by atoms with Crippen molar-refractivity contribution < 1.29 is 9.50 Å². The van der Waals surface area contributed by atoms with Gasteiger partial charge in [0.2, 0.25) is 0 Å². The highest BCUT2D eigenvalue weighted by Crippen LogP contribution is 2.18. The van der Waals surface area contributed by atoms with Gasteiger partial charge in [-0.25, -0.2) is 4.39 Å². The number of halogens is 1. The van der Waals surface area contributed by atoms with Gasteiger partial charge in [0.25, 0.3) is 0 Å². The topological polar surface area (TPSA) is 56.0 Å². The number of anilines is 1. The van der Waals surface area contributed by atoms with Crippen molar-refractivity contribution in [3.05, 3.63) is 29.6 Å². The smallest absolute Gasteiger partial charge is 0.147 e. The van der Waals surface area contributed by atoms with Gasteiger partial charge in [-0.3, -0.25) is 0 Å². The molecule has 0 fully saturated rings. The summed E-state index contributed by atoms with van der Waals surface area (Å²) in [6.07, 6.45) is 0. The molecule has 2 unspecified atom stereocenters. The van der Waals surface area contributed by atoms with Crippen molar-refractivity contribution in [2.45, 2.75) is 19.9 Å². The molecule has 0 heterocycles. The van der Waals surface area contributed by atoms with E-state index in [1.54, 1.807) is 6.07 Å². The standard InChI is InChI=1S/C12H15FN2O/c1-8(7-16)9(2)15-12-4-3-10(6-14)5-11(12)13/h3-5,8-9,15-16H,7H2,1-2H3. The van der Waals surface area contributed by atoms with Crippen LogP contribution < -0.4 is 5.32 Å². The lowest BCUT2D eigenvalue weighted by atomic mass is 10.0. The van der Waals surface area contributed by atoms with Gasteiger partial charge in [0.05, 0.1) is 17.3 Å². The Kier molecular flexibility index (Phi) is 4.27. The number of aliphatic hydroxyl groups excluding tert-OH is 1. The molecule has 0 aromatic heterocycles. The molecule has 0 radical (unpaired) electrons. The Labute approximate surface area is 94.5 Å².